The fourth-order valence-electron chi connectivity index (χ4n) is 2.18. The molecule has 0 heterocycles. The lowest BCUT2D eigenvalue weighted by molar-refractivity contribution is 0.497. The average Bonchev–Trinajstić information content (AvgIpc) is 2.30. The predicted octanol–water partition coefficient (Wildman–Crippen LogP) is 3.92. The maximum absolute atomic E-state index is 3.93. The SMILES string of the molecule is C=CC1CC=CCC1c1ccccc1. The van der Waals surface area contributed by atoms with Gasteiger partial charge in [0.05, 0.1) is 0 Å². The van der Waals surface area contributed by atoms with Gasteiger partial charge in [-0.3, -0.25) is 0 Å². The van der Waals surface area contributed by atoms with Crippen molar-refractivity contribution in [2.45, 2.75) is 18.8 Å². The van der Waals surface area contributed by atoms with Crippen molar-refractivity contribution >= 4 is 0 Å². The molecule has 72 valence electrons. The summed E-state index contributed by atoms with van der Waals surface area (Å²) >= 11 is 0. The van der Waals surface area contributed by atoms with Crippen LogP contribution in [0.3, 0.4) is 0 Å². The first kappa shape index (κ1) is 9.26. The van der Waals surface area contributed by atoms with E-state index in [9.17, 15) is 0 Å². The van der Waals surface area contributed by atoms with Gasteiger partial charge in [-0.2, -0.15) is 0 Å². The van der Waals surface area contributed by atoms with Gasteiger partial charge in [0.15, 0.2) is 0 Å². The van der Waals surface area contributed by atoms with E-state index in [1.807, 2.05) is 0 Å². The highest BCUT2D eigenvalue weighted by molar-refractivity contribution is 5.24. The lowest BCUT2D eigenvalue weighted by Gasteiger charge is -2.26. The molecule has 1 aromatic carbocycles. The zero-order valence-corrected chi connectivity index (χ0v) is 8.39. The molecule has 0 saturated carbocycles. The summed E-state index contributed by atoms with van der Waals surface area (Å²) in [5.74, 6) is 1.25. The molecule has 0 aliphatic heterocycles. The summed E-state index contributed by atoms with van der Waals surface area (Å²) in [4.78, 5) is 0. The van der Waals surface area contributed by atoms with E-state index in [1.165, 1.54) is 5.56 Å². The second-order valence-corrected chi connectivity index (χ2v) is 3.86. The van der Waals surface area contributed by atoms with Crippen molar-refractivity contribution in [3.8, 4) is 0 Å². The second-order valence-electron chi connectivity index (χ2n) is 3.86. The number of rotatable bonds is 2. The number of hydrogen-bond donors (Lipinski definition) is 0. The topological polar surface area (TPSA) is 0 Å². The third kappa shape index (κ3) is 1.79. The molecule has 2 unspecified atom stereocenters. The highest BCUT2D eigenvalue weighted by Gasteiger charge is 2.20. The lowest BCUT2D eigenvalue weighted by atomic mass is 9.79. The number of benzene rings is 1. The Kier molecular flexibility index (Phi) is 2.83. The summed E-state index contributed by atoms with van der Waals surface area (Å²) in [6, 6.07) is 10.8. The van der Waals surface area contributed by atoms with E-state index in [1.54, 1.807) is 0 Å². The van der Waals surface area contributed by atoms with Gasteiger partial charge in [-0.1, -0.05) is 48.6 Å². The van der Waals surface area contributed by atoms with Gasteiger partial charge >= 0.3 is 0 Å². The Morgan fingerprint density at radius 2 is 1.79 bits per heavy atom. The van der Waals surface area contributed by atoms with Crippen molar-refractivity contribution in [1.29, 1.82) is 0 Å². The Labute approximate surface area is 86.0 Å². The highest BCUT2D eigenvalue weighted by Crippen LogP contribution is 2.34. The van der Waals surface area contributed by atoms with Crippen molar-refractivity contribution in [2.24, 2.45) is 5.92 Å². The minimum Gasteiger partial charge on any atom is -0.103 e. The smallest absolute Gasteiger partial charge is 0.00616 e. The summed E-state index contributed by atoms with van der Waals surface area (Å²) in [6.07, 6.45) is 8.95. The lowest BCUT2D eigenvalue weighted by Crippen LogP contribution is -2.12. The molecule has 2 atom stereocenters. The fourth-order valence-corrected chi connectivity index (χ4v) is 2.18. The standard InChI is InChI=1S/C14H16/c1-2-12-8-6-7-11-14(12)13-9-4-3-5-10-13/h2-7,9-10,12,14H,1,8,11H2. The monoisotopic (exact) mass is 184 g/mol. The van der Waals surface area contributed by atoms with Crippen molar-refractivity contribution in [1.82, 2.24) is 0 Å². The van der Waals surface area contributed by atoms with Crippen LogP contribution in [0.1, 0.15) is 24.3 Å². The van der Waals surface area contributed by atoms with Crippen LogP contribution in [-0.4, -0.2) is 0 Å². The number of allylic oxidation sites excluding steroid dienone is 3. The van der Waals surface area contributed by atoms with Crippen molar-refractivity contribution < 1.29 is 0 Å². The molecule has 1 aliphatic rings. The largest absolute Gasteiger partial charge is 0.103 e. The van der Waals surface area contributed by atoms with E-state index in [-0.39, 0.29) is 0 Å². The zero-order valence-electron chi connectivity index (χ0n) is 8.39. The maximum Gasteiger partial charge on any atom is -0.00616 e. The fraction of sp³-hybridized carbons (Fsp3) is 0.286. The molecule has 14 heavy (non-hydrogen) atoms. The quantitative estimate of drug-likeness (QED) is 0.611. The van der Waals surface area contributed by atoms with E-state index >= 15 is 0 Å². The Bertz CT molecular complexity index is 321. The molecule has 0 amide bonds. The molecule has 2 rings (SSSR count). The van der Waals surface area contributed by atoms with E-state index in [0.29, 0.717) is 11.8 Å². The molecule has 1 aromatic rings. The molecule has 0 saturated heterocycles. The van der Waals surface area contributed by atoms with Crippen molar-refractivity contribution in [3.05, 3.63) is 60.7 Å². The van der Waals surface area contributed by atoms with E-state index in [4.69, 9.17) is 0 Å². The van der Waals surface area contributed by atoms with Gasteiger partial charge in [-0.15, -0.1) is 6.58 Å². The molecule has 0 N–H and O–H groups in total. The van der Waals surface area contributed by atoms with Crippen molar-refractivity contribution in [2.75, 3.05) is 0 Å². The van der Waals surface area contributed by atoms with Crippen LogP contribution in [0, 0.1) is 5.92 Å². The van der Waals surface area contributed by atoms with Crippen LogP contribution in [0.15, 0.2) is 55.1 Å². The molecule has 0 spiro atoms. The third-order valence-corrected chi connectivity index (χ3v) is 3.01. The molecule has 0 heteroatoms. The Morgan fingerprint density at radius 3 is 2.50 bits per heavy atom. The van der Waals surface area contributed by atoms with E-state index in [0.717, 1.165) is 12.8 Å². The molecular formula is C14H16. The van der Waals surface area contributed by atoms with E-state index in [2.05, 4.69) is 55.1 Å². The van der Waals surface area contributed by atoms with Crippen LogP contribution in [-0.2, 0) is 0 Å². The summed E-state index contributed by atoms with van der Waals surface area (Å²) < 4.78 is 0. The molecule has 1 aliphatic carbocycles. The normalized spacial score (nSPS) is 26.0. The van der Waals surface area contributed by atoms with Crippen LogP contribution in [0.4, 0.5) is 0 Å². The summed E-state index contributed by atoms with van der Waals surface area (Å²) in [5, 5.41) is 0. The van der Waals surface area contributed by atoms with Crippen LogP contribution >= 0.6 is 0 Å². The van der Waals surface area contributed by atoms with Crippen LogP contribution in [0.25, 0.3) is 0 Å². The Hall–Kier alpha value is -1.30. The first-order valence-electron chi connectivity index (χ1n) is 5.24. The van der Waals surface area contributed by atoms with Crippen LogP contribution in [0.5, 0.6) is 0 Å². The van der Waals surface area contributed by atoms with Crippen LogP contribution in [0.2, 0.25) is 0 Å². The second kappa shape index (κ2) is 4.28. The maximum atomic E-state index is 3.93. The first-order chi connectivity index (χ1) is 6.92. The van der Waals surface area contributed by atoms with Crippen LogP contribution < -0.4 is 0 Å². The Balaban J connectivity index is 2.24. The highest BCUT2D eigenvalue weighted by atomic mass is 14.2. The summed E-state index contributed by atoms with van der Waals surface area (Å²) in [5.41, 5.74) is 1.45. The van der Waals surface area contributed by atoms with Gasteiger partial charge in [0.2, 0.25) is 0 Å². The minimum atomic E-state index is 0.613. The zero-order chi connectivity index (χ0) is 9.80. The van der Waals surface area contributed by atoms with Gasteiger partial charge < -0.3 is 0 Å². The molecule has 0 nitrogen and oxygen atoms in total. The summed E-state index contributed by atoms with van der Waals surface area (Å²) in [6.45, 7) is 3.93. The van der Waals surface area contributed by atoms with Gasteiger partial charge in [-0.25, -0.2) is 0 Å². The molecule has 0 aromatic heterocycles. The van der Waals surface area contributed by atoms with Gasteiger partial charge in [0.1, 0.15) is 0 Å². The minimum absolute atomic E-state index is 0.613. The average molecular weight is 184 g/mol. The van der Waals surface area contributed by atoms with Gasteiger partial charge in [0.25, 0.3) is 0 Å². The third-order valence-electron chi connectivity index (χ3n) is 3.01. The summed E-state index contributed by atoms with van der Waals surface area (Å²) in [7, 11) is 0. The molecule has 0 fully saturated rings. The van der Waals surface area contributed by atoms with Crippen molar-refractivity contribution in [3.63, 3.8) is 0 Å². The molecule has 0 radical (unpaired) electrons. The first-order valence-corrected chi connectivity index (χ1v) is 5.24. The van der Waals surface area contributed by atoms with E-state index < -0.39 is 0 Å². The number of hydrogen-bond acceptors (Lipinski definition) is 0. The molecular weight excluding hydrogens is 168 g/mol. The van der Waals surface area contributed by atoms with Gasteiger partial charge in [-0.05, 0) is 30.2 Å². The van der Waals surface area contributed by atoms with Gasteiger partial charge in [0, 0.05) is 0 Å². The predicted molar refractivity (Wildman–Crippen MR) is 61.2 cm³/mol. The molecule has 0 bridgehead atoms. The Morgan fingerprint density at radius 1 is 1.07 bits per heavy atom.